The van der Waals surface area contributed by atoms with Gasteiger partial charge in [-0.1, -0.05) is 32.0 Å². The molecule has 1 fully saturated rings. The summed E-state index contributed by atoms with van der Waals surface area (Å²) >= 11 is 0. The van der Waals surface area contributed by atoms with E-state index in [1.54, 1.807) is 4.90 Å². The molecule has 35 heavy (non-hydrogen) atoms. The minimum atomic E-state index is -0.628. The molecule has 2 N–H and O–H groups in total. The van der Waals surface area contributed by atoms with Crippen molar-refractivity contribution in [3.63, 3.8) is 0 Å². The summed E-state index contributed by atoms with van der Waals surface area (Å²) in [6.07, 6.45) is 0.740. The number of fused-ring (bicyclic) bond motifs is 1. The fourth-order valence-electron chi connectivity index (χ4n) is 4.31. The summed E-state index contributed by atoms with van der Waals surface area (Å²) in [5.41, 5.74) is 0.663. The van der Waals surface area contributed by atoms with Gasteiger partial charge in [0.2, 0.25) is 5.91 Å². The van der Waals surface area contributed by atoms with Crippen LogP contribution in [0.2, 0.25) is 0 Å². The van der Waals surface area contributed by atoms with Gasteiger partial charge in [-0.25, -0.2) is 4.79 Å². The maximum absolute atomic E-state index is 13.3. The molecule has 1 saturated heterocycles. The molecule has 0 radical (unpaired) electrons. The lowest BCUT2D eigenvalue weighted by molar-refractivity contribution is -0.124. The fourth-order valence-corrected chi connectivity index (χ4v) is 4.31. The highest BCUT2D eigenvalue weighted by Gasteiger charge is 2.38. The van der Waals surface area contributed by atoms with Gasteiger partial charge in [0.05, 0.1) is 5.52 Å². The topological polar surface area (TPSA) is 106 Å². The first kappa shape index (κ1) is 26.5. The van der Waals surface area contributed by atoms with Crippen LogP contribution >= 0.6 is 0 Å². The number of carbonyl (C=O) groups excluding carboxylic acids is 3. The molecular formula is C26H39N5O4. The van der Waals surface area contributed by atoms with Crippen LogP contribution in [0.25, 0.3) is 10.9 Å². The molecule has 9 heteroatoms. The molecule has 0 saturated carbocycles. The zero-order valence-corrected chi connectivity index (χ0v) is 21.9. The van der Waals surface area contributed by atoms with E-state index in [4.69, 9.17) is 4.74 Å². The van der Waals surface area contributed by atoms with Crippen LogP contribution in [0.4, 0.5) is 4.79 Å². The normalized spacial score (nSPS) is 18.4. The third-order valence-corrected chi connectivity index (χ3v) is 6.00. The van der Waals surface area contributed by atoms with Gasteiger partial charge < -0.3 is 20.3 Å². The van der Waals surface area contributed by atoms with E-state index in [2.05, 4.69) is 15.7 Å². The minimum absolute atomic E-state index is 0.0238. The van der Waals surface area contributed by atoms with Gasteiger partial charge in [0.1, 0.15) is 5.60 Å². The minimum Gasteiger partial charge on any atom is -0.444 e. The highest BCUT2D eigenvalue weighted by Crippen LogP contribution is 2.25. The number of hydrogen-bond donors (Lipinski definition) is 2. The Hall–Kier alpha value is -3.10. The van der Waals surface area contributed by atoms with E-state index in [1.807, 2.05) is 77.4 Å². The molecule has 2 atom stereocenters. The van der Waals surface area contributed by atoms with Gasteiger partial charge in [0.15, 0.2) is 5.69 Å². The van der Waals surface area contributed by atoms with Gasteiger partial charge in [-0.3, -0.25) is 14.3 Å². The van der Waals surface area contributed by atoms with E-state index in [1.165, 1.54) is 0 Å². The van der Waals surface area contributed by atoms with Crippen LogP contribution < -0.4 is 10.6 Å². The van der Waals surface area contributed by atoms with E-state index in [9.17, 15) is 14.4 Å². The van der Waals surface area contributed by atoms with Gasteiger partial charge in [0, 0.05) is 42.5 Å². The number of benzene rings is 1. The van der Waals surface area contributed by atoms with Gasteiger partial charge >= 0.3 is 6.09 Å². The molecular weight excluding hydrogens is 446 g/mol. The first-order valence-corrected chi connectivity index (χ1v) is 12.4. The summed E-state index contributed by atoms with van der Waals surface area (Å²) in [7, 11) is 0. The van der Waals surface area contributed by atoms with Gasteiger partial charge in [-0.05, 0) is 53.5 Å². The van der Waals surface area contributed by atoms with Crippen molar-refractivity contribution in [1.29, 1.82) is 0 Å². The molecule has 0 unspecified atom stereocenters. The van der Waals surface area contributed by atoms with E-state index in [-0.39, 0.29) is 35.9 Å². The van der Waals surface area contributed by atoms with Crippen LogP contribution in [-0.2, 0) is 9.53 Å². The van der Waals surface area contributed by atoms with Crippen LogP contribution in [-0.4, -0.2) is 63.4 Å². The van der Waals surface area contributed by atoms with Crippen molar-refractivity contribution in [3.05, 3.63) is 30.0 Å². The van der Waals surface area contributed by atoms with Crippen molar-refractivity contribution in [3.8, 4) is 0 Å². The fraction of sp³-hybridized carbons (Fsp3) is 0.615. The van der Waals surface area contributed by atoms with Crippen molar-refractivity contribution < 1.29 is 19.1 Å². The Bertz CT molecular complexity index is 1070. The Morgan fingerprint density at radius 3 is 2.46 bits per heavy atom. The van der Waals surface area contributed by atoms with Crippen molar-refractivity contribution in [2.75, 3.05) is 13.1 Å². The Kier molecular flexibility index (Phi) is 8.07. The Morgan fingerprint density at radius 2 is 1.83 bits per heavy atom. The molecule has 0 bridgehead atoms. The average Bonchev–Trinajstić information content (AvgIpc) is 3.34. The van der Waals surface area contributed by atoms with E-state index in [0.717, 1.165) is 10.9 Å². The number of aromatic nitrogens is 2. The SMILES string of the molecule is CC(C)C(=O)NCC[C@@H]1C[C@H](NC(=O)c2nn(C(C)C)c3ccccc23)CN1C(=O)OC(C)(C)C. The third-order valence-electron chi connectivity index (χ3n) is 6.00. The Balaban J connectivity index is 1.74. The number of para-hydroxylation sites is 1. The lowest BCUT2D eigenvalue weighted by atomic mass is 10.1. The summed E-state index contributed by atoms with van der Waals surface area (Å²) in [6.45, 7) is 14.0. The Labute approximate surface area is 207 Å². The summed E-state index contributed by atoms with van der Waals surface area (Å²) in [5.74, 6) is -0.388. The summed E-state index contributed by atoms with van der Waals surface area (Å²) in [5, 5.41) is 11.4. The van der Waals surface area contributed by atoms with Gasteiger partial charge in [0.25, 0.3) is 5.91 Å². The molecule has 1 aliphatic rings. The predicted molar refractivity (Wildman–Crippen MR) is 135 cm³/mol. The smallest absolute Gasteiger partial charge is 0.410 e. The van der Waals surface area contributed by atoms with E-state index >= 15 is 0 Å². The second-order valence-electron chi connectivity index (χ2n) is 10.8. The second kappa shape index (κ2) is 10.7. The molecule has 3 rings (SSSR count). The molecule has 0 spiro atoms. The monoisotopic (exact) mass is 485 g/mol. The highest BCUT2D eigenvalue weighted by atomic mass is 16.6. The maximum Gasteiger partial charge on any atom is 0.410 e. The molecule has 1 aromatic heterocycles. The second-order valence-corrected chi connectivity index (χ2v) is 10.8. The highest BCUT2D eigenvalue weighted by molar-refractivity contribution is 6.05. The maximum atomic E-state index is 13.3. The number of rotatable bonds is 7. The van der Waals surface area contributed by atoms with Crippen molar-refractivity contribution in [2.24, 2.45) is 5.92 Å². The van der Waals surface area contributed by atoms with Crippen molar-refractivity contribution in [1.82, 2.24) is 25.3 Å². The summed E-state index contributed by atoms with van der Waals surface area (Å²) < 4.78 is 7.47. The number of carbonyl (C=O) groups is 3. The zero-order chi connectivity index (χ0) is 25.9. The zero-order valence-electron chi connectivity index (χ0n) is 21.9. The van der Waals surface area contributed by atoms with E-state index < -0.39 is 11.7 Å². The van der Waals surface area contributed by atoms with Crippen LogP contribution in [0.1, 0.15) is 77.8 Å². The first-order valence-electron chi connectivity index (χ1n) is 12.4. The number of nitrogens with zero attached hydrogens (tertiary/aromatic N) is 3. The average molecular weight is 486 g/mol. The van der Waals surface area contributed by atoms with Crippen molar-refractivity contribution in [2.45, 2.75) is 85.0 Å². The lowest BCUT2D eigenvalue weighted by Gasteiger charge is -2.28. The summed E-state index contributed by atoms with van der Waals surface area (Å²) in [6, 6.07) is 7.39. The number of amides is 3. The molecule has 9 nitrogen and oxygen atoms in total. The van der Waals surface area contributed by atoms with Crippen LogP contribution in [0.5, 0.6) is 0 Å². The molecule has 1 aliphatic heterocycles. The molecule has 2 aromatic rings. The first-order chi connectivity index (χ1) is 16.4. The van der Waals surface area contributed by atoms with E-state index in [0.29, 0.717) is 31.6 Å². The number of ether oxygens (including phenoxy) is 1. The molecule has 0 aliphatic carbocycles. The molecule has 3 amide bonds. The Morgan fingerprint density at radius 1 is 1.14 bits per heavy atom. The van der Waals surface area contributed by atoms with Crippen LogP contribution in [0.3, 0.4) is 0 Å². The standard InChI is InChI=1S/C26H39N5O4/c1-16(2)23(32)27-13-12-19-14-18(15-30(19)25(34)35-26(5,6)7)28-24(33)22-20-10-8-9-11-21(20)31(29-22)17(3)4/h8-11,16-19H,12-15H2,1-7H3,(H,27,32)(H,28,33)/t18-,19+/m0/s1. The summed E-state index contributed by atoms with van der Waals surface area (Å²) in [4.78, 5) is 39.8. The predicted octanol–water partition coefficient (Wildman–Crippen LogP) is 3.89. The molecule has 1 aromatic carbocycles. The van der Waals surface area contributed by atoms with Crippen molar-refractivity contribution >= 4 is 28.8 Å². The van der Waals surface area contributed by atoms with Gasteiger partial charge in [-0.2, -0.15) is 5.10 Å². The molecule has 2 heterocycles. The molecule has 192 valence electrons. The number of hydrogen-bond acceptors (Lipinski definition) is 5. The number of nitrogens with one attached hydrogen (secondary N) is 2. The third kappa shape index (κ3) is 6.52. The van der Waals surface area contributed by atoms with Crippen LogP contribution in [0, 0.1) is 5.92 Å². The van der Waals surface area contributed by atoms with Crippen LogP contribution in [0.15, 0.2) is 24.3 Å². The van der Waals surface area contributed by atoms with Gasteiger partial charge in [-0.15, -0.1) is 0 Å². The quantitative estimate of drug-likeness (QED) is 0.619. The largest absolute Gasteiger partial charge is 0.444 e. The number of likely N-dealkylation sites (tertiary alicyclic amines) is 1. The lowest BCUT2D eigenvalue weighted by Crippen LogP contribution is -2.43.